The molecule has 2 aromatic carbocycles. The van der Waals surface area contributed by atoms with Crippen LogP contribution >= 0.6 is 0 Å². The summed E-state index contributed by atoms with van der Waals surface area (Å²) in [6.45, 7) is 0. The fourth-order valence-corrected chi connectivity index (χ4v) is 3.45. The van der Waals surface area contributed by atoms with Gasteiger partial charge in [-0.25, -0.2) is 0 Å². The summed E-state index contributed by atoms with van der Waals surface area (Å²) < 4.78 is 5.21. The fraction of sp³-hybridized carbons (Fsp3) is 0.333. The van der Waals surface area contributed by atoms with Gasteiger partial charge in [-0.1, -0.05) is 48.9 Å². The van der Waals surface area contributed by atoms with Crippen molar-refractivity contribution in [1.82, 2.24) is 10.6 Å². The van der Waals surface area contributed by atoms with E-state index in [1.807, 2.05) is 54.6 Å². The molecule has 1 unspecified atom stereocenters. The summed E-state index contributed by atoms with van der Waals surface area (Å²) in [6, 6.07) is 16.2. The Kier molecular flexibility index (Phi) is 5.26. The number of benzene rings is 2. The lowest BCUT2D eigenvalue weighted by atomic mass is 9.63. The van der Waals surface area contributed by atoms with E-state index in [-0.39, 0.29) is 11.8 Å². The van der Waals surface area contributed by atoms with Crippen LogP contribution in [0.4, 0.5) is 0 Å². The summed E-state index contributed by atoms with van der Waals surface area (Å²) in [7, 11) is 3.20. The van der Waals surface area contributed by atoms with E-state index < -0.39 is 11.5 Å². The number of hydrogen-bond acceptors (Lipinski definition) is 3. The second-order valence-electron chi connectivity index (χ2n) is 6.60. The molecule has 5 heteroatoms. The number of carbonyl (C=O) groups excluding carboxylic acids is 2. The molecular weight excluding hydrogens is 328 g/mol. The van der Waals surface area contributed by atoms with Gasteiger partial charge in [-0.05, 0) is 36.1 Å². The molecule has 1 aliphatic rings. The molecule has 26 heavy (non-hydrogen) atoms. The van der Waals surface area contributed by atoms with Gasteiger partial charge >= 0.3 is 0 Å². The normalized spacial score (nSPS) is 16.1. The molecule has 3 rings (SSSR count). The van der Waals surface area contributed by atoms with Crippen molar-refractivity contribution in [2.75, 3.05) is 14.2 Å². The standard InChI is InChI=1S/C21H24N2O3/c1-22-19(24)18(15-7-4-3-5-8-15)23-20(25)21(13-6-14-21)16-9-11-17(26-2)12-10-16/h3-5,7-12,18H,6,13-14H2,1-2H3,(H,22,24)(H,23,25). The SMILES string of the molecule is CNC(=O)C(NC(=O)C1(c2ccc(OC)cc2)CCC1)c1ccccc1. The molecule has 0 aliphatic heterocycles. The summed E-state index contributed by atoms with van der Waals surface area (Å²) in [5.74, 6) is 0.427. The van der Waals surface area contributed by atoms with Crippen molar-refractivity contribution >= 4 is 11.8 Å². The van der Waals surface area contributed by atoms with Gasteiger partial charge in [-0.2, -0.15) is 0 Å². The highest BCUT2D eigenvalue weighted by atomic mass is 16.5. The number of rotatable bonds is 6. The summed E-state index contributed by atoms with van der Waals surface area (Å²) in [4.78, 5) is 25.5. The summed E-state index contributed by atoms with van der Waals surface area (Å²) in [5, 5.41) is 5.61. The van der Waals surface area contributed by atoms with Crippen LogP contribution in [0.2, 0.25) is 0 Å². The van der Waals surface area contributed by atoms with Crippen molar-refractivity contribution in [2.24, 2.45) is 0 Å². The lowest BCUT2D eigenvalue weighted by molar-refractivity contribution is -0.134. The molecular formula is C21H24N2O3. The quantitative estimate of drug-likeness (QED) is 0.840. The van der Waals surface area contributed by atoms with Crippen LogP contribution in [0.15, 0.2) is 54.6 Å². The van der Waals surface area contributed by atoms with Crippen LogP contribution in [-0.2, 0) is 15.0 Å². The maximum Gasteiger partial charge on any atom is 0.246 e. The van der Waals surface area contributed by atoms with E-state index in [2.05, 4.69) is 10.6 Å². The molecule has 2 aromatic rings. The molecule has 1 fully saturated rings. The molecule has 1 saturated carbocycles. The number of methoxy groups -OCH3 is 1. The Labute approximate surface area is 153 Å². The zero-order valence-electron chi connectivity index (χ0n) is 15.1. The molecule has 1 aliphatic carbocycles. The predicted molar refractivity (Wildman–Crippen MR) is 99.9 cm³/mol. The Morgan fingerprint density at radius 3 is 2.19 bits per heavy atom. The van der Waals surface area contributed by atoms with E-state index in [0.29, 0.717) is 0 Å². The Morgan fingerprint density at radius 1 is 1.04 bits per heavy atom. The van der Waals surface area contributed by atoms with Gasteiger partial charge in [0.1, 0.15) is 11.8 Å². The Bertz CT molecular complexity index is 768. The van der Waals surface area contributed by atoms with Crippen LogP contribution in [0, 0.1) is 0 Å². The van der Waals surface area contributed by atoms with Crippen LogP contribution in [0.1, 0.15) is 36.4 Å². The topological polar surface area (TPSA) is 67.4 Å². The van der Waals surface area contributed by atoms with E-state index >= 15 is 0 Å². The van der Waals surface area contributed by atoms with Gasteiger partial charge in [0.2, 0.25) is 11.8 Å². The molecule has 2 amide bonds. The van der Waals surface area contributed by atoms with Gasteiger partial charge in [0.15, 0.2) is 0 Å². The molecule has 2 N–H and O–H groups in total. The molecule has 0 spiro atoms. The highest BCUT2D eigenvalue weighted by Gasteiger charge is 2.46. The zero-order valence-corrected chi connectivity index (χ0v) is 15.1. The lowest BCUT2D eigenvalue weighted by Crippen LogP contribution is -2.52. The van der Waals surface area contributed by atoms with Crippen LogP contribution in [0.25, 0.3) is 0 Å². The fourth-order valence-electron chi connectivity index (χ4n) is 3.45. The maximum atomic E-state index is 13.2. The Morgan fingerprint density at radius 2 is 1.69 bits per heavy atom. The van der Waals surface area contributed by atoms with E-state index in [1.54, 1.807) is 14.2 Å². The lowest BCUT2D eigenvalue weighted by Gasteiger charge is -2.41. The van der Waals surface area contributed by atoms with Crippen LogP contribution in [0.3, 0.4) is 0 Å². The third kappa shape index (κ3) is 3.29. The minimum Gasteiger partial charge on any atom is -0.497 e. The first-order valence-corrected chi connectivity index (χ1v) is 8.83. The maximum absolute atomic E-state index is 13.2. The monoisotopic (exact) mass is 352 g/mol. The molecule has 0 bridgehead atoms. The Hall–Kier alpha value is -2.82. The molecule has 0 radical (unpaired) electrons. The van der Waals surface area contributed by atoms with Crippen LogP contribution < -0.4 is 15.4 Å². The smallest absolute Gasteiger partial charge is 0.246 e. The van der Waals surface area contributed by atoms with E-state index in [4.69, 9.17) is 4.74 Å². The molecule has 5 nitrogen and oxygen atoms in total. The number of likely N-dealkylation sites (N-methyl/N-ethyl adjacent to an activating group) is 1. The second kappa shape index (κ2) is 7.60. The van der Waals surface area contributed by atoms with Gasteiger partial charge in [-0.3, -0.25) is 9.59 Å². The highest BCUT2D eigenvalue weighted by molar-refractivity contribution is 5.94. The third-order valence-corrected chi connectivity index (χ3v) is 5.20. The van der Waals surface area contributed by atoms with Crippen molar-refractivity contribution in [3.8, 4) is 5.75 Å². The van der Waals surface area contributed by atoms with Crippen LogP contribution in [-0.4, -0.2) is 26.0 Å². The van der Waals surface area contributed by atoms with Crippen molar-refractivity contribution in [1.29, 1.82) is 0 Å². The van der Waals surface area contributed by atoms with Gasteiger partial charge in [0.05, 0.1) is 12.5 Å². The van der Waals surface area contributed by atoms with E-state index in [1.165, 1.54) is 0 Å². The summed E-state index contributed by atoms with van der Waals surface area (Å²) in [5.41, 5.74) is 1.16. The van der Waals surface area contributed by atoms with E-state index in [9.17, 15) is 9.59 Å². The number of hydrogen-bond donors (Lipinski definition) is 2. The predicted octanol–water partition coefficient (Wildman–Crippen LogP) is 2.72. The van der Waals surface area contributed by atoms with Crippen molar-refractivity contribution in [3.05, 3.63) is 65.7 Å². The summed E-state index contributed by atoms with van der Waals surface area (Å²) >= 11 is 0. The van der Waals surface area contributed by atoms with Crippen molar-refractivity contribution in [2.45, 2.75) is 30.7 Å². The van der Waals surface area contributed by atoms with Crippen molar-refractivity contribution in [3.63, 3.8) is 0 Å². The first-order valence-electron chi connectivity index (χ1n) is 8.83. The average Bonchev–Trinajstić information content (AvgIpc) is 2.66. The van der Waals surface area contributed by atoms with Crippen LogP contribution in [0.5, 0.6) is 5.75 Å². The first kappa shape index (κ1) is 18.0. The van der Waals surface area contributed by atoms with Crippen molar-refractivity contribution < 1.29 is 14.3 Å². The minimum absolute atomic E-state index is 0.105. The van der Waals surface area contributed by atoms with E-state index in [0.717, 1.165) is 36.1 Å². The minimum atomic E-state index is -0.704. The van der Waals surface area contributed by atoms with Gasteiger partial charge < -0.3 is 15.4 Å². The number of ether oxygens (including phenoxy) is 1. The van der Waals surface area contributed by atoms with Gasteiger partial charge in [0.25, 0.3) is 0 Å². The number of carbonyl (C=O) groups is 2. The second-order valence-corrected chi connectivity index (χ2v) is 6.60. The molecule has 0 heterocycles. The third-order valence-electron chi connectivity index (χ3n) is 5.20. The number of amides is 2. The van der Waals surface area contributed by atoms with Gasteiger partial charge in [-0.15, -0.1) is 0 Å². The zero-order chi connectivity index (χ0) is 18.6. The molecule has 136 valence electrons. The average molecular weight is 352 g/mol. The molecule has 0 saturated heterocycles. The molecule has 1 atom stereocenters. The first-order chi connectivity index (χ1) is 12.6. The molecule has 0 aromatic heterocycles. The number of nitrogens with one attached hydrogen (secondary N) is 2. The highest BCUT2D eigenvalue weighted by Crippen LogP contribution is 2.44. The van der Waals surface area contributed by atoms with Gasteiger partial charge in [0, 0.05) is 7.05 Å². The Balaban J connectivity index is 1.86. The summed E-state index contributed by atoms with van der Waals surface area (Å²) in [6.07, 6.45) is 2.55. The largest absolute Gasteiger partial charge is 0.497 e.